The van der Waals surface area contributed by atoms with Gasteiger partial charge in [-0.2, -0.15) is 5.10 Å². The Balaban J connectivity index is 2.44. The van der Waals surface area contributed by atoms with Crippen molar-refractivity contribution in [2.45, 2.75) is 6.92 Å². The fourth-order valence-corrected chi connectivity index (χ4v) is 1.61. The summed E-state index contributed by atoms with van der Waals surface area (Å²) in [6.07, 6.45) is 0. The van der Waals surface area contributed by atoms with Gasteiger partial charge in [-0.15, -0.1) is 0 Å². The molecule has 1 aromatic heterocycles. The minimum Gasteiger partial charge on any atom is -0.287 e. The van der Waals surface area contributed by atoms with Crippen LogP contribution in [0.1, 0.15) is 21.7 Å². The van der Waals surface area contributed by atoms with Gasteiger partial charge in [-0.3, -0.25) is 9.48 Å². The van der Waals surface area contributed by atoms with Crippen LogP contribution in [0.4, 0.5) is 8.78 Å². The average Bonchev–Trinajstić information content (AvgIpc) is 2.61. The van der Waals surface area contributed by atoms with E-state index in [1.807, 2.05) is 0 Å². The molecule has 0 aliphatic carbocycles. The number of carbonyl (C=O) groups excluding carboxylic acids is 1. The van der Waals surface area contributed by atoms with Crippen LogP contribution in [-0.4, -0.2) is 15.6 Å². The van der Waals surface area contributed by atoms with Gasteiger partial charge < -0.3 is 0 Å². The van der Waals surface area contributed by atoms with Crippen LogP contribution in [-0.2, 0) is 7.05 Å². The summed E-state index contributed by atoms with van der Waals surface area (Å²) in [6.45, 7) is 1.75. The number of halogens is 2. The number of nitrogens with zero attached hydrogens (tertiary/aromatic N) is 2. The Labute approximate surface area is 96.7 Å². The van der Waals surface area contributed by atoms with Gasteiger partial charge in [-0.05, 0) is 31.2 Å². The van der Waals surface area contributed by atoms with Crippen LogP contribution in [0.15, 0.2) is 24.3 Å². The first-order valence-corrected chi connectivity index (χ1v) is 4.99. The van der Waals surface area contributed by atoms with E-state index in [4.69, 9.17) is 0 Å². The number of carbonyl (C=O) groups is 1. The van der Waals surface area contributed by atoms with Crippen molar-refractivity contribution in [3.8, 4) is 0 Å². The summed E-state index contributed by atoms with van der Waals surface area (Å²) in [7, 11) is 1.63. The molecule has 0 aliphatic heterocycles. The molecule has 88 valence electrons. The minimum atomic E-state index is -1.03. The molecule has 17 heavy (non-hydrogen) atoms. The van der Waals surface area contributed by atoms with E-state index in [0.29, 0.717) is 11.4 Å². The van der Waals surface area contributed by atoms with Crippen LogP contribution < -0.4 is 0 Å². The number of aryl methyl sites for hydroxylation is 2. The molecule has 0 saturated heterocycles. The van der Waals surface area contributed by atoms with Crippen molar-refractivity contribution in [2.75, 3.05) is 0 Å². The van der Waals surface area contributed by atoms with E-state index < -0.39 is 11.6 Å². The summed E-state index contributed by atoms with van der Waals surface area (Å²) < 4.78 is 27.2. The Kier molecular flexibility index (Phi) is 2.75. The van der Waals surface area contributed by atoms with Crippen LogP contribution in [0.2, 0.25) is 0 Å². The third-order valence-electron chi connectivity index (χ3n) is 2.42. The monoisotopic (exact) mass is 236 g/mol. The fourth-order valence-electron chi connectivity index (χ4n) is 1.61. The smallest absolute Gasteiger partial charge is 0.211 e. The van der Waals surface area contributed by atoms with Gasteiger partial charge in [-0.1, -0.05) is 0 Å². The normalized spacial score (nSPS) is 10.6. The first kappa shape index (κ1) is 11.4. The summed E-state index contributed by atoms with van der Waals surface area (Å²) in [5.41, 5.74) is 1.14. The first-order valence-electron chi connectivity index (χ1n) is 4.99. The average molecular weight is 236 g/mol. The Morgan fingerprint density at radius 1 is 1.24 bits per heavy atom. The van der Waals surface area contributed by atoms with Crippen molar-refractivity contribution in [1.29, 1.82) is 0 Å². The molecule has 0 atom stereocenters. The van der Waals surface area contributed by atoms with Gasteiger partial charge in [0.15, 0.2) is 11.6 Å². The zero-order valence-electron chi connectivity index (χ0n) is 9.37. The van der Waals surface area contributed by atoms with Gasteiger partial charge in [0, 0.05) is 12.6 Å². The van der Waals surface area contributed by atoms with E-state index in [9.17, 15) is 13.6 Å². The van der Waals surface area contributed by atoms with Crippen LogP contribution in [0.5, 0.6) is 0 Å². The molecule has 2 rings (SSSR count). The maximum Gasteiger partial charge on any atom is 0.211 e. The molecule has 0 bridgehead atoms. The van der Waals surface area contributed by atoms with Crippen molar-refractivity contribution in [3.63, 3.8) is 0 Å². The second-order valence-corrected chi connectivity index (χ2v) is 3.75. The van der Waals surface area contributed by atoms with Crippen molar-refractivity contribution in [3.05, 3.63) is 52.9 Å². The molecule has 0 aliphatic rings. The van der Waals surface area contributed by atoms with Crippen molar-refractivity contribution in [2.24, 2.45) is 7.05 Å². The molecule has 0 amide bonds. The molecule has 0 saturated carbocycles. The van der Waals surface area contributed by atoms with E-state index in [1.165, 1.54) is 10.7 Å². The van der Waals surface area contributed by atoms with Crippen LogP contribution in [0, 0.1) is 18.6 Å². The summed E-state index contributed by atoms with van der Waals surface area (Å²) >= 11 is 0. The Morgan fingerprint density at radius 3 is 2.47 bits per heavy atom. The minimum absolute atomic E-state index is 0.104. The lowest BCUT2D eigenvalue weighted by Crippen LogP contribution is -2.08. The standard InChI is InChI=1S/C12H10F2N2O/c1-7-5-11(16(2)15-7)12(17)8-3-4-9(13)10(14)6-8/h3-6H,1-2H3. The molecule has 3 nitrogen and oxygen atoms in total. The van der Waals surface area contributed by atoms with Gasteiger partial charge >= 0.3 is 0 Å². The number of rotatable bonds is 2. The number of aromatic nitrogens is 2. The molecule has 2 aromatic rings. The van der Waals surface area contributed by atoms with E-state index >= 15 is 0 Å². The van der Waals surface area contributed by atoms with Crippen molar-refractivity contribution < 1.29 is 13.6 Å². The largest absolute Gasteiger partial charge is 0.287 e. The third-order valence-corrected chi connectivity index (χ3v) is 2.42. The third kappa shape index (κ3) is 2.08. The topological polar surface area (TPSA) is 34.9 Å². The highest BCUT2D eigenvalue weighted by Crippen LogP contribution is 2.14. The van der Waals surface area contributed by atoms with E-state index in [0.717, 1.165) is 12.1 Å². The zero-order valence-corrected chi connectivity index (χ0v) is 9.37. The Hall–Kier alpha value is -2.04. The van der Waals surface area contributed by atoms with Crippen molar-refractivity contribution >= 4 is 5.78 Å². The lowest BCUT2D eigenvalue weighted by molar-refractivity contribution is 0.102. The maximum absolute atomic E-state index is 13.0. The first-order chi connectivity index (χ1) is 7.99. The number of benzene rings is 1. The van der Waals surface area contributed by atoms with Crippen molar-refractivity contribution in [1.82, 2.24) is 9.78 Å². The summed E-state index contributed by atoms with van der Waals surface area (Å²) in [5.74, 6) is -2.38. The van der Waals surface area contributed by atoms with Gasteiger partial charge in [0.05, 0.1) is 5.69 Å². The molecular weight excluding hydrogens is 226 g/mol. The molecule has 1 heterocycles. The highest BCUT2D eigenvalue weighted by atomic mass is 19.2. The predicted molar refractivity (Wildman–Crippen MR) is 57.7 cm³/mol. The lowest BCUT2D eigenvalue weighted by Gasteiger charge is -2.01. The molecule has 0 N–H and O–H groups in total. The zero-order chi connectivity index (χ0) is 12.6. The van der Waals surface area contributed by atoms with Crippen LogP contribution in [0.3, 0.4) is 0 Å². The quantitative estimate of drug-likeness (QED) is 0.749. The van der Waals surface area contributed by atoms with Gasteiger partial charge in [0.25, 0.3) is 0 Å². The Bertz CT molecular complexity index is 590. The SMILES string of the molecule is Cc1cc(C(=O)c2ccc(F)c(F)c2)n(C)n1. The van der Waals surface area contributed by atoms with E-state index in [1.54, 1.807) is 20.0 Å². The lowest BCUT2D eigenvalue weighted by atomic mass is 10.1. The summed E-state index contributed by atoms with van der Waals surface area (Å²) in [5, 5.41) is 4.03. The van der Waals surface area contributed by atoms with E-state index in [2.05, 4.69) is 5.10 Å². The van der Waals surface area contributed by atoms with Gasteiger partial charge in [-0.25, -0.2) is 8.78 Å². The molecule has 0 spiro atoms. The second-order valence-electron chi connectivity index (χ2n) is 3.75. The summed E-state index contributed by atoms with van der Waals surface area (Å²) in [4.78, 5) is 12.0. The molecular formula is C12H10F2N2O. The molecule has 0 unspecified atom stereocenters. The van der Waals surface area contributed by atoms with Gasteiger partial charge in [0.1, 0.15) is 5.69 Å². The highest BCUT2D eigenvalue weighted by Gasteiger charge is 2.15. The van der Waals surface area contributed by atoms with E-state index in [-0.39, 0.29) is 11.3 Å². The van der Waals surface area contributed by atoms with Crippen LogP contribution >= 0.6 is 0 Å². The number of hydrogen-bond acceptors (Lipinski definition) is 2. The molecule has 5 heteroatoms. The van der Waals surface area contributed by atoms with Gasteiger partial charge in [0.2, 0.25) is 5.78 Å². The van der Waals surface area contributed by atoms with Crippen LogP contribution in [0.25, 0.3) is 0 Å². The highest BCUT2D eigenvalue weighted by molar-refractivity contribution is 6.07. The number of ketones is 1. The number of hydrogen-bond donors (Lipinski definition) is 0. The molecule has 0 fully saturated rings. The Morgan fingerprint density at radius 2 is 1.94 bits per heavy atom. The fraction of sp³-hybridized carbons (Fsp3) is 0.167. The maximum atomic E-state index is 13.0. The molecule has 0 radical (unpaired) electrons. The molecule has 1 aromatic carbocycles. The second kappa shape index (κ2) is 4.08. The summed E-state index contributed by atoms with van der Waals surface area (Å²) in [6, 6.07) is 4.68. The predicted octanol–water partition coefficient (Wildman–Crippen LogP) is 2.24.